The Kier molecular flexibility index (Phi) is 1.65. The molecule has 1 N–H and O–H groups in total. The first-order valence-electron chi connectivity index (χ1n) is 2.47. The molecule has 1 aromatic carbocycles. The van der Waals surface area contributed by atoms with E-state index in [1.165, 1.54) is 23.7 Å². The van der Waals surface area contributed by atoms with Crippen LogP contribution in [-0.2, 0) is 0 Å². The lowest BCUT2D eigenvalue weighted by atomic mass is 10.3. The van der Waals surface area contributed by atoms with Crippen molar-refractivity contribution in [1.82, 2.24) is 0 Å². The van der Waals surface area contributed by atoms with E-state index in [0.29, 0.717) is 0 Å². The number of nitrogens with one attached hydrogen (secondary N) is 1. The minimum atomic E-state index is -0.521. The molecule has 9 heavy (non-hydrogen) atoms. The molecule has 0 aliphatic heterocycles. The zero-order chi connectivity index (χ0) is 6.69. The lowest BCUT2D eigenvalue weighted by Gasteiger charge is -2.08. The fourth-order valence-electron chi connectivity index (χ4n) is 0.544. The summed E-state index contributed by atoms with van der Waals surface area (Å²) in [6.07, 6.45) is 0. The van der Waals surface area contributed by atoms with Gasteiger partial charge in [0.05, 0.1) is 5.69 Å². The van der Waals surface area contributed by atoms with Gasteiger partial charge < -0.3 is 10.7 Å². The van der Waals surface area contributed by atoms with Crippen molar-refractivity contribution in [3.05, 3.63) is 35.3 Å². The van der Waals surface area contributed by atoms with Crippen LogP contribution in [0.1, 0.15) is 0 Å². The molecule has 1 rings (SSSR count). The van der Waals surface area contributed by atoms with Crippen molar-refractivity contribution < 1.29 is 4.39 Å². The highest BCUT2D eigenvalue weighted by atomic mass is 19.1. The van der Waals surface area contributed by atoms with Crippen molar-refractivity contribution in [3.8, 4) is 0 Å². The molecule has 0 heterocycles. The second kappa shape index (κ2) is 2.46. The Morgan fingerprint density at radius 2 is 2.00 bits per heavy atom. The van der Waals surface area contributed by atoms with Crippen LogP contribution in [0.25, 0.3) is 0 Å². The first-order chi connectivity index (χ1) is 4.34. The Morgan fingerprint density at radius 1 is 1.33 bits per heavy atom. The monoisotopic (exact) mass is 126 g/mol. The number of hydrogen-bond acceptors (Lipinski definition) is 2. The molecule has 0 aromatic heterocycles. The van der Waals surface area contributed by atoms with Crippen molar-refractivity contribution in [2.24, 2.45) is 0 Å². The molecule has 0 spiro atoms. The molecule has 0 aliphatic carbocycles. The predicted octanol–water partition coefficient (Wildman–Crippen LogP) is 1.74. The van der Waals surface area contributed by atoms with E-state index in [4.69, 9.17) is 0 Å². The van der Waals surface area contributed by atoms with Gasteiger partial charge in [0.1, 0.15) is 5.82 Å². The van der Waals surface area contributed by atoms with E-state index in [1.54, 1.807) is 6.07 Å². The van der Waals surface area contributed by atoms with E-state index in [9.17, 15) is 9.60 Å². The SMILES string of the molecule is [O-]Nc1ccccc1F. The Hall–Kier alpha value is -1.09. The van der Waals surface area contributed by atoms with Crippen LogP contribution in [0.4, 0.5) is 10.1 Å². The van der Waals surface area contributed by atoms with Gasteiger partial charge in [-0.15, -0.1) is 0 Å². The quantitative estimate of drug-likeness (QED) is 0.581. The normalized spacial score (nSPS) is 9.11. The van der Waals surface area contributed by atoms with Gasteiger partial charge in [-0.3, -0.25) is 0 Å². The zero-order valence-corrected chi connectivity index (χ0v) is 4.60. The summed E-state index contributed by atoms with van der Waals surface area (Å²) in [6.45, 7) is 0. The van der Waals surface area contributed by atoms with E-state index < -0.39 is 5.82 Å². The summed E-state index contributed by atoms with van der Waals surface area (Å²) in [5.41, 5.74) is 1.45. The maximum absolute atomic E-state index is 12.3. The van der Waals surface area contributed by atoms with E-state index >= 15 is 0 Å². The molecule has 0 radical (unpaired) electrons. The van der Waals surface area contributed by atoms with Gasteiger partial charge in [-0.05, 0) is 12.1 Å². The fourth-order valence-corrected chi connectivity index (χ4v) is 0.544. The summed E-state index contributed by atoms with van der Waals surface area (Å²) in [5.74, 6) is -0.521. The van der Waals surface area contributed by atoms with Gasteiger partial charge in [0, 0.05) is 0 Å². The van der Waals surface area contributed by atoms with Crippen molar-refractivity contribution in [2.45, 2.75) is 0 Å². The van der Waals surface area contributed by atoms with Gasteiger partial charge in [0.15, 0.2) is 0 Å². The second-order valence-electron chi connectivity index (χ2n) is 1.58. The van der Waals surface area contributed by atoms with Crippen molar-refractivity contribution in [2.75, 3.05) is 5.48 Å². The van der Waals surface area contributed by atoms with Crippen LogP contribution in [-0.4, -0.2) is 0 Å². The number of halogens is 1. The average molecular weight is 126 g/mol. The summed E-state index contributed by atoms with van der Waals surface area (Å²) in [4.78, 5) is 0. The van der Waals surface area contributed by atoms with Crippen LogP contribution in [0.5, 0.6) is 0 Å². The highest BCUT2D eigenvalue weighted by Crippen LogP contribution is 2.10. The van der Waals surface area contributed by atoms with Crippen LogP contribution in [0.3, 0.4) is 0 Å². The molecule has 0 fully saturated rings. The third kappa shape index (κ3) is 1.17. The Balaban J connectivity index is 3.01. The molecule has 0 saturated carbocycles. The molecule has 0 saturated heterocycles. The van der Waals surface area contributed by atoms with E-state index in [-0.39, 0.29) is 5.69 Å². The number of rotatable bonds is 1. The minimum Gasteiger partial charge on any atom is -0.761 e. The summed E-state index contributed by atoms with van der Waals surface area (Å²) in [5, 5.41) is 9.86. The second-order valence-corrected chi connectivity index (χ2v) is 1.58. The largest absolute Gasteiger partial charge is 0.761 e. The van der Waals surface area contributed by atoms with Gasteiger partial charge in [0.25, 0.3) is 0 Å². The maximum atomic E-state index is 12.3. The molecular formula is C6H5FNO-. The molecule has 48 valence electrons. The first kappa shape index (κ1) is 6.04. The molecule has 0 bridgehead atoms. The molecule has 1 aromatic rings. The standard InChI is InChI=1S/C6H5FNO/c7-5-3-1-2-4-6(5)8-9/h1-4,8H/q-1. The number of para-hydroxylation sites is 1. The van der Waals surface area contributed by atoms with Gasteiger partial charge >= 0.3 is 0 Å². The van der Waals surface area contributed by atoms with Gasteiger partial charge in [0.2, 0.25) is 0 Å². The summed E-state index contributed by atoms with van der Waals surface area (Å²) < 4.78 is 12.3. The maximum Gasteiger partial charge on any atom is 0.145 e. The van der Waals surface area contributed by atoms with Crippen LogP contribution in [0.2, 0.25) is 0 Å². The van der Waals surface area contributed by atoms with E-state index in [0.717, 1.165) is 0 Å². The van der Waals surface area contributed by atoms with Crippen LogP contribution in [0.15, 0.2) is 24.3 Å². The summed E-state index contributed by atoms with van der Waals surface area (Å²) in [7, 11) is 0. The van der Waals surface area contributed by atoms with E-state index in [2.05, 4.69) is 0 Å². The van der Waals surface area contributed by atoms with Gasteiger partial charge in [-0.2, -0.15) is 0 Å². The third-order valence-electron chi connectivity index (χ3n) is 0.984. The Labute approximate surface area is 51.9 Å². The fraction of sp³-hybridized carbons (Fsp3) is 0. The highest BCUT2D eigenvalue weighted by molar-refractivity contribution is 5.44. The smallest absolute Gasteiger partial charge is 0.145 e. The minimum absolute atomic E-state index is 0.0162. The molecule has 0 aliphatic rings. The topological polar surface area (TPSA) is 35.1 Å². The molecular weight excluding hydrogens is 121 g/mol. The number of benzene rings is 1. The Morgan fingerprint density at radius 3 is 2.44 bits per heavy atom. The lowest BCUT2D eigenvalue weighted by Crippen LogP contribution is -1.87. The van der Waals surface area contributed by atoms with E-state index in [1.807, 2.05) is 0 Å². The zero-order valence-electron chi connectivity index (χ0n) is 4.60. The highest BCUT2D eigenvalue weighted by Gasteiger charge is 1.91. The third-order valence-corrected chi connectivity index (χ3v) is 0.984. The molecule has 2 nitrogen and oxygen atoms in total. The van der Waals surface area contributed by atoms with Crippen molar-refractivity contribution >= 4 is 5.69 Å². The lowest BCUT2D eigenvalue weighted by molar-refractivity contribution is 0.632. The van der Waals surface area contributed by atoms with Crippen molar-refractivity contribution in [3.63, 3.8) is 0 Å². The molecule has 0 atom stereocenters. The molecule has 0 amide bonds. The van der Waals surface area contributed by atoms with Crippen LogP contribution >= 0.6 is 0 Å². The van der Waals surface area contributed by atoms with Gasteiger partial charge in [-0.1, -0.05) is 12.1 Å². The average Bonchev–Trinajstić information content (AvgIpc) is 1.89. The molecule has 0 unspecified atom stereocenters. The summed E-state index contributed by atoms with van der Waals surface area (Å²) in [6, 6.07) is 5.71. The van der Waals surface area contributed by atoms with Crippen LogP contribution in [0, 0.1) is 11.0 Å². The number of hydrogen-bond donors (Lipinski definition) is 1. The number of anilines is 1. The first-order valence-corrected chi connectivity index (χ1v) is 2.47. The predicted molar refractivity (Wildman–Crippen MR) is 33.4 cm³/mol. The summed E-state index contributed by atoms with van der Waals surface area (Å²) >= 11 is 0. The molecule has 3 heteroatoms. The van der Waals surface area contributed by atoms with Crippen molar-refractivity contribution in [1.29, 1.82) is 0 Å². The van der Waals surface area contributed by atoms with Crippen LogP contribution < -0.4 is 5.48 Å². The Bertz CT molecular complexity index is 202. The van der Waals surface area contributed by atoms with Gasteiger partial charge in [-0.25, -0.2) is 4.39 Å².